The predicted octanol–water partition coefficient (Wildman–Crippen LogP) is 2.92. The zero-order chi connectivity index (χ0) is 19.9. The van der Waals surface area contributed by atoms with Crippen molar-refractivity contribution < 1.29 is 14.3 Å². The highest BCUT2D eigenvalue weighted by atomic mass is 16.5. The van der Waals surface area contributed by atoms with Gasteiger partial charge in [-0.2, -0.15) is 0 Å². The topological polar surface area (TPSA) is 74.8 Å². The number of carbonyl (C=O) groups excluding carboxylic acids is 2. The van der Waals surface area contributed by atoms with E-state index in [4.69, 9.17) is 4.74 Å². The van der Waals surface area contributed by atoms with Crippen LogP contribution in [0.5, 0.6) is 5.88 Å². The molecule has 28 heavy (non-hydrogen) atoms. The molecule has 1 unspecified atom stereocenters. The van der Waals surface area contributed by atoms with Crippen LogP contribution in [0.15, 0.2) is 18.3 Å². The zero-order valence-corrected chi connectivity index (χ0v) is 17.0. The summed E-state index contributed by atoms with van der Waals surface area (Å²) in [6.07, 6.45) is 6.49. The number of rotatable bonds is 6. The molecule has 0 aliphatic carbocycles. The van der Waals surface area contributed by atoms with Crippen LogP contribution in [0, 0.1) is 5.92 Å². The molecule has 3 amide bonds. The standard InChI is InChI=1S/C21H32N4O3/c1-16(2)8-11-23-21(27)25-14-9-17(15-25)28-19-18(7-6-10-22-19)20(26)24-12-4-3-5-13-24/h6-7,10,16-17H,3-5,8-9,11-15H2,1-2H3,(H,23,27). The lowest BCUT2D eigenvalue weighted by Gasteiger charge is -2.27. The van der Waals surface area contributed by atoms with Gasteiger partial charge in [-0.05, 0) is 43.7 Å². The molecule has 3 rings (SSSR count). The molecule has 3 heterocycles. The van der Waals surface area contributed by atoms with Crippen molar-refractivity contribution >= 4 is 11.9 Å². The number of hydrogen-bond acceptors (Lipinski definition) is 4. The van der Waals surface area contributed by atoms with Crippen LogP contribution in [0.1, 0.15) is 56.3 Å². The van der Waals surface area contributed by atoms with Crippen molar-refractivity contribution in [2.24, 2.45) is 5.92 Å². The van der Waals surface area contributed by atoms with E-state index < -0.39 is 0 Å². The molecular formula is C21H32N4O3. The fourth-order valence-electron chi connectivity index (χ4n) is 3.66. The van der Waals surface area contributed by atoms with Crippen molar-refractivity contribution in [3.8, 4) is 5.88 Å². The van der Waals surface area contributed by atoms with E-state index in [0.717, 1.165) is 38.8 Å². The van der Waals surface area contributed by atoms with Crippen LogP contribution in [0.25, 0.3) is 0 Å². The van der Waals surface area contributed by atoms with Crippen molar-refractivity contribution in [2.75, 3.05) is 32.7 Å². The van der Waals surface area contributed by atoms with Crippen molar-refractivity contribution in [2.45, 2.75) is 52.1 Å². The van der Waals surface area contributed by atoms with Gasteiger partial charge in [0.25, 0.3) is 5.91 Å². The number of nitrogens with one attached hydrogen (secondary N) is 1. The normalized spacial score (nSPS) is 19.8. The van der Waals surface area contributed by atoms with Crippen molar-refractivity contribution in [3.63, 3.8) is 0 Å². The fraction of sp³-hybridized carbons (Fsp3) is 0.667. The number of likely N-dealkylation sites (tertiary alicyclic amines) is 2. The molecule has 0 saturated carbocycles. The molecule has 1 atom stereocenters. The summed E-state index contributed by atoms with van der Waals surface area (Å²) >= 11 is 0. The minimum Gasteiger partial charge on any atom is -0.472 e. The Morgan fingerprint density at radius 3 is 2.75 bits per heavy atom. The van der Waals surface area contributed by atoms with Gasteiger partial charge in [0.2, 0.25) is 5.88 Å². The van der Waals surface area contributed by atoms with E-state index in [-0.39, 0.29) is 18.0 Å². The fourth-order valence-corrected chi connectivity index (χ4v) is 3.66. The van der Waals surface area contributed by atoms with Crippen LogP contribution in [0.3, 0.4) is 0 Å². The number of hydrogen-bond donors (Lipinski definition) is 1. The number of ether oxygens (including phenoxy) is 1. The van der Waals surface area contributed by atoms with Crippen LogP contribution in [0.4, 0.5) is 4.79 Å². The van der Waals surface area contributed by atoms with Gasteiger partial charge in [-0.1, -0.05) is 13.8 Å². The van der Waals surface area contributed by atoms with Crippen LogP contribution in [-0.2, 0) is 0 Å². The molecule has 2 fully saturated rings. The second-order valence-electron chi connectivity index (χ2n) is 8.10. The summed E-state index contributed by atoms with van der Waals surface area (Å²) in [5.41, 5.74) is 0.518. The molecule has 2 aliphatic rings. The van der Waals surface area contributed by atoms with Gasteiger partial charge in [-0.25, -0.2) is 9.78 Å². The van der Waals surface area contributed by atoms with Gasteiger partial charge in [-0.3, -0.25) is 4.79 Å². The summed E-state index contributed by atoms with van der Waals surface area (Å²) < 4.78 is 6.06. The largest absolute Gasteiger partial charge is 0.472 e. The monoisotopic (exact) mass is 388 g/mol. The highest BCUT2D eigenvalue weighted by molar-refractivity contribution is 5.96. The molecule has 7 nitrogen and oxygen atoms in total. The van der Waals surface area contributed by atoms with Gasteiger partial charge in [0.05, 0.1) is 6.54 Å². The number of nitrogens with zero attached hydrogens (tertiary/aromatic N) is 3. The van der Waals surface area contributed by atoms with E-state index >= 15 is 0 Å². The van der Waals surface area contributed by atoms with E-state index in [9.17, 15) is 9.59 Å². The molecule has 1 aromatic rings. The molecule has 0 bridgehead atoms. The minimum atomic E-state index is -0.140. The third-order valence-corrected chi connectivity index (χ3v) is 5.35. The number of pyridine rings is 1. The minimum absolute atomic E-state index is 0.0101. The number of urea groups is 1. The third kappa shape index (κ3) is 5.36. The summed E-state index contributed by atoms with van der Waals surface area (Å²) in [7, 11) is 0. The molecular weight excluding hydrogens is 356 g/mol. The molecule has 2 saturated heterocycles. The zero-order valence-electron chi connectivity index (χ0n) is 17.0. The van der Waals surface area contributed by atoms with E-state index in [2.05, 4.69) is 24.1 Å². The number of piperidine rings is 1. The highest BCUT2D eigenvalue weighted by Crippen LogP contribution is 2.23. The second kappa shape index (κ2) is 9.75. The number of amides is 3. The maximum atomic E-state index is 12.9. The van der Waals surface area contributed by atoms with Crippen LogP contribution in [0.2, 0.25) is 0 Å². The van der Waals surface area contributed by atoms with Crippen molar-refractivity contribution in [3.05, 3.63) is 23.9 Å². The SMILES string of the molecule is CC(C)CCNC(=O)N1CCC(Oc2ncccc2C(=O)N2CCCCC2)C1. The third-order valence-electron chi connectivity index (χ3n) is 5.35. The van der Waals surface area contributed by atoms with Gasteiger partial charge in [-0.15, -0.1) is 0 Å². The molecule has 0 aromatic carbocycles. The van der Waals surface area contributed by atoms with E-state index in [1.165, 1.54) is 6.42 Å². The van der Waals surface area contributed by atoms with Gasteiger partial charge in [0.1, 0.15) is 11.7 Å². The molecule has 2 aliphatic heterocycles. The Labute approximate surface area is 167 Å². The first-order chi connectivity index (χ1) is 13.5. The first-order valence-electron chi connectivity index (χ1n) is 10.5. The number of aromatic nitrogens is 1. The van der Waals surface area contributed by atoms with Gasteiger partial charge in [0.15, 0.2) is 0 Å². The van der Waals surface area contributed by atoms with Crippen LogP contribution >= 0.6 is 0 Å². The van der Waals surface area contributed by atoms with Crippen LogP contribution in [-0.4, -0.2) is 65.5 Å². The summed E-state index contributed by atoms with van der Waals surface area (Å²) in [5, 5.41) is 2.97. The maximum Gasteiger partial charge on any atom is 0.317 e. The van der Waals surface area contributed by atoms with Gasteiger partial charge in [0, 0.05) is 38.8 Å². The molecule has 7 heteroatoms. The maximum absolute atomic E-state index is 12.9. The molecule has 1 N–H and O–H groups in total. The van der Waals surface area contributed by atoms with Gasteiger partial charge < -0.3 is 19.9 Å². The van der Waals surface area contributed by atoms with Crippen molar-refractivity contribution in [1.29, 1.82) is 0 Å². The molecule has 154 valence electrons. The summed E-state index contributed by atoms with van der Waals surface area (Å²) in [6, 6.07) is 3.51. The first-order valence-corrected chi connectivity index (χ1v) is 10.5. The van der Waals surface area contributed by atoms with Crippen LogP contribution < -0.4 is 10.1 Å². The van der Waals surface area contributed by atoms with E-state index in [0.29, 0.717) is 37.0 Å². The molecule has 0 spiro atoms. The Morgan fingerprint density at radius 2 is 2.00 bits per heavy atom. The summed E-state index contributed by atoms with van der Waals surface area (Å²) in [5.74, 6) is 0.934. The first kappa shape index (κ1) is 20.4. The smallest absolute Gasteiger partial charge is 0.317 e. The van der Waals surface area contributed by atoms with E-state index in [1.807, 2.05) is 4.90 Å². The van der Waals surface area contributed by atoms with Crippen molar-refractivity contribution in [1.82, 2.24) is 20.1 Å². The number of carbonyl (C=O) groups is 2. The Hall–Kier alpha value is -2.31. The molecule has 1 aromatic heterocycles. The average Bonchev–Trinajstić information content (AvgIpc) is 3.17. The average molecular weight is 389 g/mol. The highest BCUT2D eigenvalue weighted by Gasteiger charge is 2.30. The predicted molar refractivity (Wildman–Crippen MR) is 107 cm³/mol. The second-order valence-corrected chi connectivity index (χ2v) is 8.10. The summed E-state index contributed by atoms with van der Waals surface area (Å²) in [6.45, 7) is 7.72. The quantitative estimate of drug-likeness (QED) is 0.813. The van der Waals surface area contributed by atoms with E-state index in [1.54, 1.807) is 23.2 Å². The lowest BCUT2D eigenvalue weighted by Crippen LogP contribution is -2.40. The summed E-state index contributed by atoms with van der Waals surface area (Å²) in [4.78, 5) is 33.1. The molecule has 0 radical (unpaired) electrons. The lowest BCUT2D eigenvalue weighted by molar-refractivity contribution is 0.0715. The lowest BCUT2D eigenvalue weighted by atomic mass is 10.1. The Kier molecular flexibility index (Phi) is 7.12. The Balaban J connectivity index is 1.56. The van der Waals surface area contributed by atoms with Gasteiger partial charge >= 0.3 is 6.03 Å². The Morgan fingerprint density at radius 1 is 1.21 bits per heavy atom. The Bertz CT molecular complexity index is 673.